The summed E-state index contributed by atoms with van der Waals surface area (Å²) in [6, 6.07) is 10.3. The number of anilines is 2. The minimum absolute atomic E-state index is 0.0646. The van der Waals surface area contributed by atoms with E-state index in [1.807, 2.05) is 13.0 Å². The number of esters is 1. The predicted octanol–water partition coefficient (Wildman–Crippen LogP) is 5.98. The Morgan fingerprint density at radius 1 is 1.02 bits per heavy atom. The van der Waals surface area contributed by atoms with E-state index in [0.29, 0.717) is 50.6 Å². The number of carbonyl (C=O) groups is 2. The van der Waals surface area contributed by atoms with E-state index in [1.54, 1.807) is 49.5 Å². The molecule has 0 fully saturated rings. The number of halogens is 1. The largest absolute Gasteiger partial charge is 0.496 e. The molecule has 0 saturated heterocycles. The maximum atomic E-state index is 15.4. The number of nitrogens with zero attached hydrogens (tertiary/aromatic N) is 3. The topological polar surface area (TPSA) is 148 Å². The molecule has 0 bridgehead atoms. The van der Waals surface area contributed by atoms with Crippen molar-refractivity contribution < 1.29 is 32.9 Å². The number of aromatic nitrogens is 3. The van der Waals surface area contributed by atoms with Gasteiger partial charge >= 0.3 is 12.0 Å². The summed E-state index contributed by atoms with van der Waals surface area (Å²) in [4.78, 5) is 38.4. The molecular formula is C33H32FN5O6. The number of primary amides is 1. The lowest BCUT2D eigenvalue weighted by Crippen LogP contribution is -2.14. The van der Waals surface area contributed by atoms with Gasteiger partial charge in [0.15, 0.2) is 0 Å². The molecule has 0 aliphatic heterocycles. The smallest absolute Gasteiger partial charge is 0.338 e. The number of fused-ring (bicyclic) bond motifs is 1. The van der Waals surface area contributed by atoms with E-state index in [1.165, 1.54) is 27.5 Å². The van der Waals surface area contributed by atoms with E-state index in [0.717, 1.165) is 0 Å². The lowest BCUT2D eigenvalue weighted by molar-refractivity contribution is 0.0526. The van der Waals surface area contributed by atoms with Crippen molar-refractivity contribution in [3.05, 3.63) is 83.1 Å². The first-order valence-electron chi connectivity index (χ1n) is 14.1. The Labute approximate surface area is 258 Å². The lowest BCUT2D eigenvalue weighted by Gasteiger charge is -2.22. The molecule has 5 rings (SSSR count). The Bertz CT molecular complexity index is 1870. The van der Waals surface area contributed by atoms with Gasteiger partial charge in [-0.3, -0.25) is 9.78 Å². The van der Waals surface area contributed by atoms with Crippen LogP contribution in [-0.4, -0.2) is 54.8 Å². The Balaban J connectivity index is 1.65. The minimum atomic E-state index is -0.720. The zero-order valence-electron chi connectivity index (χ0n) is 25.4. The van der Waals surface area contributed by atoms with Gasteiger partial charge in [0.2, 0.25) is 5.88 Å². The second kappa shape index (κ2) is 13.0. The first-order valence-corrected chi connectivity index (χ1v) is 14.1. The number of carbonyl (C=O) groups excluding carboxylic acids is 2. The maximum Gasteiger partial charge on any atom is 0.338 e. The van der Waals surface area contributed by atoms with Crippen molar-refractivity contribution in [2.45, 2.75) is 20.3 Å². The van der Waals surface area contributed by atoms with Crippen molar-refractivity contribution in [1.29, 1.82) is 0 Å². The number of rotatable bonds is 10. The molecular weight excluding hydrogens is 581 g/mol. The number of allylic oxidation sites excluding steroid dienone is 3. The third-order valence-electron chi connectivity index (χ3n) is 7.23. The molecule has 3 N–H and O–H groups in total. The summed E-state index contributed by atoms with van der Waals surface area (Å²) in [6.07, 6.45) is 4.96. The molecule has 0 saturated carbocycles. The molecule has 0 radical (unpaired) electrons. The summed E-state index contributed by atoms with van der Waals surface area (Å²) in [5, 5.41) is 3.80. The summed E-state index contributed by atoms with van der Waals surface area (Å²) in [5.74, 6) is -1.08. The molecule has 12 heteroatoms. The average Bonchev–Trinajstić information content (AvgIpc) is 3.03. The molecule has 45 heavy (non-hydrogen) atoms. The van der Waals surface area contributed by atoms with Crippen LogP contribution in [0.3, 0.4) is 0 Å². The molecule has 11 nitrogen and oxygen atoms in total. The van der Waals surface area contributed by atoms with Gasteiger partial charge in [0.25, 0.3) is 5.91 Å². The van der Waals surface area contributed by atoms with Crippen LogP contribution in [0.2, 0.25) is 0 Å². The van der Waals surface area contributed by atoms with E-state index in [2.05, 4.69) is 20.3 Å². The van der Waals surface area contributed by atoms with Crippen LogP contribution in [0, 0.1) is 5.92 Å². The summed E-state index contributed by atoms with van der Waals surface area (Å²) < 4.78 is 36.8. The molecule has 2 aromatic heterocycles. The Morgan fingerprint density at radius 3 is 2.51 bits per heavy atom. The summed E-state index contributed by atoms with van der Waals surface area (Å²) in [7, 11) is 4.42. The van der Waals surface area contributed by atoms with E-state index in [4.69, 9.17) is 24.7 Å². The summed E-state index contributed by atoms with van der Waals surface area (Å²) >= 11 is 0. The molecule has 1 atom stereocenters. The molecule has 1 aliphatic carbocycles. The molecule has 0 spiro atoms. The van der Waals surface area contributed by atoms with Gasteiger partial charge in [0.05, 0.1) is 61.4 Å². The first kappa shape index (κ1) is 30.9. The zero-order chi connectivity index (χ0) is 32.2. The predicted molar refractivity (Wildman–Crippen MR) is 167 cm³/mol. The fourth-order valence-electron chi connectivity index (χ4n) is 5.19. The molecule has 1 aliphatic rings. The SMILES string of the molecule is CCOC(=O)c1cc(Nc2c(C(N)=O)cnc3cc(-c4cnc(OC)nc4OC)ccc23)cc(C2=C(F)CC(C)C=C2OC)c1. The van der Waals surface area contributed by atoms with Crippen LogP contribution in [0.5, 0.6) is 11.9 Å². The van der Waals surface area contributed by atoms with Gasteiger partial charge in [-0.2, -0.15) is 4.98 Å². The van der Waals surface area contributed by atoms with Gasteiger partial charge in [0.1, 0.15) is 11.6 Å². The van der Waals surface area contributed by atoms with Crippen LogP contribution >= 0.6 is 0 Å². The summed E-state index contributed by atoms with van der Waals surface area (Å²) in [5.41, 5.74) is 9.22. The van der Waals surface area contributed by atoms with Crippen LogP contribution in [0.25, 0.3) is 27.6 Å². The van der Waals surface area contributed by atoms with Crippen LogP contribution in [-0.2, 0) is 9.47 Å². The second-order valence-electron chi connectivity index (χ2n) is 10.3. The third-order valence-corrected chi connectivity index (χ3v) is 7.23. The summed E-state index contributed by atoms with van der Waals surface area (Å²) in [6.45, 7) is 3.73. The fourth-order valence-corrected chi connectivity index (χ4v) is 5.19. The number of ether oxygens (including phenoxy) is 4. The van der Waals surface area contributed by atoms with Crippen molar-refractivity contribution in [1.82, 2.24) is 15.0 Å². The van der Waals surface area contributed by atoms with Gasteiger partial charge in [0, 0.05) is 29.9 Å². The highest BCUT2D eigenvalue weighted by atomic mass is 19.1. The minimum Gasteiger partial charge on any atom is -0.496 e. The molecule has 4 aromatic rings. The van der Waals surface area contributed by atoms with Gasteiger partial charge in [-0.1, -0.05) is 19.1 Å². The van der Waals surface area contributed by atoms with Gasteiger partial charge in [-0.25, -0.2) is 14.2 Å². The standard InChI is InChI=1S/C33H32FN5O6/c1-6-45-32(41)20-11-19(28-25(34)9-17(2)10-27(28)42-3)12-21(13-20)38-29-22-8-7-18(14-26(22)36-16-24(29)30(35)40)23-15-37-33(44-5)39-31(23)43-4/h7-8,10-17H,6,9H2,1-5H3,(H2,35,40)(H,36,38). The lowest BCUT2D eigenvalue weighted by atomic mass is 9.90. The second-order valence-corrected chi connectivity index (χ2v) is 10.3. The van der Waals surface area contributed by atoms with Crippen LogP contribution < -0.4 is 20.5 Å². The van der Waals surface area contributed by atoms with Crippen molar-refractivity contribution in [3.8, 4) is 23.0 Å². The molecule has 2 heterocycles. The number of nitrogens with one attached hydrogen (secondary N) is 1. The first-order chi connectivity index (χ1) is 21.7. The van der Waals surface area contributed by atoms with Gasteiger partial charge in [-0.05, 0) is 54.3 Å². The van der Waals surface area contributed by atoms with E-state index >= 15 is 4.39 Å². The van der Waals surface area contributed by atoms with Crippen molar-refractivity contribution >= 4 is 39.7 Å². The van der Waals surface area contributed by atoms with Gasteiger partial charge in [-0.15, -0.1) is 0 Å². The number of methoxy groups -OCH3 is 3. The Kier molecular flexibility index (Phi) is 8.93. The van der Waals surface area contributed by atoms with Crippen molar-refractivity contribution in [2.75, 3.05) is 33.3 Å². The number of hydrogen-bond donors (Lipinski definition) is 2. The average molecular weight is 614 g/mol. The highest BCUT2D eigenvalue weighted by Gasteiger charge is 2.25. The zero-order valence-corrected chi connectivity index (χ0v) is 25.4. The Hall–Kier alpha value is -5.52. The van der Waals surface area contributed by atoms with Gasteiger partial charge < -0.3 is 30.0 Å². The number of hydrogen-bond acceptors (Lipinski definition) is 10. The normalized spacial score (nSPS) is 14.5. The van der Waals surface area contributed by atoms with E-state index in [-0.39, 0.29) is 47.5 Å². The van der Waals surface area contributed by atoms with Crippen LogP contribution in [0.4, 0.5) is 15.8 Å². The third kappa shape index (κ3) is 6.26. The van der Waals surface area contributed by atoms with E-state index < -0.39 is 11.9 Å². The van der Waals surface area contributed by atoms with Crippen molar-refractivity contribution in [3.63, 3.8) is 0 Å². The number of benzene rings is 2. The highest BCUT2D eigenvalue weighted by molar-refractivity contribution is 6.08. The Morgan fingerprint density at radius 2 is 1.82 bits per heavy atom. The molecule has 2 aromatic carbocycles. The highest BCUT2D eigenvalue weighted by Crippen LogP contribution is 2.39. The van der Waals surface area contributed by atoms with Crippen LogP contribution in [0.1, 0.15) is 46.5 Å². The number of amides is 1. The fraction of sp³-hybridized carbons (Fsp3) is 0.242. The monoisotopic (exact) mass is 613 g/mol. The maximum absolute atomic E-state index is 15.4. The molecule has 1 unspecified atom stereocenters. The molecule has 1 amide bonds. The van der Waals surface area contributed by atoms with E-state index in [9.17, 15) is 9.59 Å². The van der Waals surface area contributed by atoms with Crippen molar-refractivity contribution in [2.24, 2.45) is 11.7 Å². The quantitative estimate of drug-likeness (QED) is 0.205. The number of pyridine rings is 1. The number of nitrogens with two attached hydrogens (primary N) is 1. The van der Waals surface area contributed by atoms with Crippen LogP contribution in [0.15, 0.2) is 66.5 Å². The molecule has 232 valence electrons.